The highest BCUT2D eigenvalue weighted by atomic mass is 32.1. The van der Waals surface area contributed by atoms with E-state index in [0.29, 0.717) is 5.88 Å². The Morgan fingerprint density at radius 1 is 1.38 bits per heavy atom. The molecule has 0 amide bonds. The topological polar surface area (TPSA) is 34.1 Å². The minimum Gasteiger partial charge on any atom is -0.481 e. The van der Waals surface area contributed by atoms with Crippen molar-refractivity contribution in [3.05, 3.63) is 40.1 Å². The lowest BCUT2D eigenvalue weighted by Gasteiger charge is -2.06. The van der Waals surface area contributed by atoms with Gasteiger partial charge >= 0.3 is 0 Å². The third-order valence-corrected chi connectivity index (χ3v) is 3.35. The van der Waals surface area contributed by atoms with Crippen LogP contribution in [0.2, 0.25) is 0 Å². The number of hydrogen-bond donors (Lipinski definition) is 1. The number of aromatic nitrogens is 1. The molecule has 0 aliphatic carbocycles. The van der Waals surface area contributed by atoms with E-state index in [1.807, 2.05) is 18.2 Å². The Labute approximate surface area is 99.1 Å². The van der Waals surface area contributed by atoms with Crippen LogP contribution in [0, 0.1) is 6.92 Å². The second-order valence-corrected chi connectivity index (χ2v) is 4.45. The zero-order chi connectivity index (χ0) is 11.4. The maximum absolute atomic E-state index is 5.07. The molecule has 0 atom stereocenters. The summed E-state index contributed by atoms with van der Waals surface area (Å²) in [6.07, 6.45) is 0. The van der Waals surface area contributed by atoms with Crippen LogP contribution in [0.4, 0.5) is 5.82 Å². The molecule has 16 heavy (non-hydrogen) atoms. The number of hydrogen-bond acceptors (Lipinski definition) is 4. The fraction of sp³-hybridized carbons (Fsp3) is 0.250. The molecular formula is C12H14N2OS. The molecule has 0 saturated heterocycles. The van der Waals surface area contributed by atoms with E-state index in [-0.39, 0.29) is 0 Å². The van der Waals surface area contributed by atoms with Gasteiger partial charge in [0.05, 0.1) is 13.7 Å². The fourth-order valence-corrected chi connectivity index (χ4v) is 2.23. The lowest BCUT2D eigenvalue weighted by Crippen LogP contribution is -2.01. The van der Waals surface area contributed by atoms with Crippen LogP contribution in [0.1, 0.15) is 10.4 Å². The number of aryl methyl sites for hydroxylation is 1. The highest BCUT2D eigenvalue weighted by Gasteiger charge is 2.01. The van der Waals surface area contributed by atoms with Crippen molar-refractivity contribution in [3.63, 3.8) is 0 Å². The normalized spacial score (nSPS) is 10.1. The number of pyridine rings is 1. The molecule has 0 unspecified atom stereocenters. The van der Waals surface area contributed by atoms with Gasteiger partial charge in [0.2, 0.25) is 5.88 Å². The molecule has 1 N–H and O–H groups in total. The van der Waals surface area contributed by atoms with Crippen LogP contribution in [0.3, 0.4) is 0 Å². The maximum atomic E-state index is 5.07. The molecule has 0 spiro atoms. The van der Waals surface area contributed by atoms with Crippen LogP contribution in [0.15, 0.2) is 29.6 Å². The van der Waals surface area contributed by atoms with Crippen molar-refractivity contribution >= 4 is 17.2 Å². The SMILES string of the molecule is COc1cccc(NCc2sccc2C)n1. The minimum atomic E-state index is 0.632. The van der Waals surface area contributed by atoms with Crippen LogP contribution in [-0.4, -0.2) is 12.1 Å². The van der Waals surface area contributed by atoms with Crippen LogP contribution < -0.4 is 10.1 Å². The van der Waals surface area contributed by atoms with Gasteiger partial charge in [0, 0.05) is 10.9 Å². The second-order valence-electron chi connectivity index (χ2n) is 3.45. The van der Waals surface area contributed by atoms with Crippen molar-refractivity contribution in [3.8, 4) is 5.88 Å². The third kappa shape index (κ3) is 2.52. The van der Waals surface area contributed by atoms with Crippen molar-refractivity contribution in [2.45, 2.75) is 13.5 Å². The molecule has 0 aliphatic heterocycles. The summed E-state index contributed by atoms with van der Waals surface area (Å²) in [6, 6.07) is 7.82. The lowest BCUT2D eigenvalue weighted by molar-refractivity contribution is 0.398. The number of nitrogens with one attached hydrogen (secondary N) is 1. The number of rotatable bonds is 4. The predicted molar refractivity (Wildman–Crippen MR) is 67.2 cm³/mol. The molecule has 0 aromatic carbocycles. The summed E-state index contributed by atoms with van der Waals surface area (Å²) in [5, 5.41) is 5.38. The van der Waals surface area contributed by atoms with Crippen LogP contribution >= 0.6 is 11.3 Å². The Hall–Kier alpha value is -1.55. The molecule has 0 saturated carbocycles. The summed E-state index contributed by atoms with van der Waals surface area (Å²) in [5.74, 6) is 1.47. The van der Waals surface area contributed by atoms with E-state index in [9.17, 15) is 0 Å². The zero-order valence-corrected chi connectivity index (χ0v) is 10.2. The average molecular weight is 234 g/mol. The molecule has 0 aliphatic rings. The maximum Gasteiger partial charge on any atom is 0.214 e. The van der Waals surface area contributed by atoms with Gasteiger partial charge in [-0.15, -0.1) is 11.3 Å². The Bertz CT molecular complexity index is 468. The van der Waals surface area contributed by atoms with Gasteiger partial charge in [0.1, 0.15) is 5.82 Å². The highest BCUT2D eigenvalue weighted by molar-refractivity contribution is 7.10. The fourth-order valence-electron chi connectivity index (χ4n) is 1.38. The first-order chi connectivity index (χ1) is 7.79. The first-order valence-corrected chi connectivity index (χ1v) is 5.95. The number of nitrogens with zero attached hydrogens (tertiary/aromatic N) is 1. The summed E-state index contributed by atoms with van der Waals surface area (Å²) in [6.45, 7) is 2.93. The number of thiophene rings is 1. The van der Waals surface area contributed by atoms with Crippen LogP contribution in [-0.2, 0) is 6.54 Å². The summed E-state index contributed by atoms with van der Waals surface area (Å²) >= 11 is 1.76. The number of ether oxygens (including phenoxy) is 1. The van der Waals surface area contributed by atoms with E-state index in [0.717, 1.165) is 12.4 Å². The van der Waals surface area contributed by atoms with Crippen molar-refractivity contribution in [2.24, 2.45) is 0 Å². The molecule has 3 nitrogen and oxygen atoms in total. The first-order valence-electron chi connectivity index (χ1n) is 5.07. The van der Waals surface area contributed by atoms with Gasteiger partial charge in [-0.2, -0.15) is 4.98 Å². The van der Waals surface area contributed by atoms with E-state index in [2.05, 4.69) is 28.7 Å². The second kappa shape index (κ2) is 4.99. The van der Waals surface area contributed by atoms with Crippen LogP contribution in [0.5, 0.6) is 5.88 Å². The molecule has 84 valence electrons. The Morgan fingerprint density at radius 3 is 2.94 bits per heavy atom. The number of methoxy groups -OCH3 is 1. The van der Waals surface area contributed by atoms with Crippen molar-refractivity contribution in [1.29, 1.82) is 0 Å². The summed E-state index contributed by atoms with van der Waals surface area (Å²) in [5.41, 5.74) is 1.32. The van der Waals surface area contributed by atoms with Crippen LogP contribution in [0.25, 0.3) is 0 Å². The molecule has 2 aromatic heterocycles. The molecule has 4 heteroatoms. The van der Waals surface area contributed by atoms with E-state index < -0.39 is 0 Å². The van der Waals surface area contributed by atoms with Gasteiger partial charge in [-0.05, 0) is 30.0 Å². The van der Waals surface area contributed by atoms with E-state index in [1.165, 1.54) is 10.4 Å². The molecule has 2 heterocycles. The predicted octanol–water partition coefficient (Wildman–Crippen LogP) is 3.07. The molecule has 2 rings (SSSR count). The van der Waals surface area contributed by atoms with Gasteiger partial charge in [0.25, 0.3) is 0 Å². The smallest absolute Gasteiger partial charge is 0.214 e. The molecule has 0 radical (unpaired) electrons. The summed E-state index contributed by atoms with van der Waals surface area (Å²) < 4.78 is 5.07. The van der Waals surface area contributed by atoms with Gasteiger partial charge in [-0.1, -0.05) is 6.07 Å². The minimum absolute atomic E-state index is 0.632. The third-order valence-electron chi connectivity index (χ3n) is 2.33. The molecule has 0 fully saturated rings. The summed E-state index contributed by atoms with van der Waals surface area (Å²) in [4.78, 5) is 5.63. The summed E-state index contributed by atoms with van der Waals surface area (Å²) in [7, 11) is 1.62. The standard InChI is InChI=1S/C12H14N2OS/c1-9-6-7-16-10(9)8-13-11-4-3-5-12(14-11)15-2/h3-7H,8H2,1-2H3,(H,13,14). The highest BCUT2D eigenvalue weighted by Crippen LogP contribution is 2.17. The van der Waals surface area contributed by atoms with Gasteiger partial charge in [0.15, 0.2) is 0 Å². The van der Waals surface area contributed by atoms with Gasteiger partial charge in [-0.25, -0.2) is 0 Å². The Kier molecular flexibility index (Phi) is 3.41. The Balaban J connectivity index is 2.02. The first kappa shape index (κ1) is 11.0. The van der Waals surface area contributed by atoms with E-state index >= 15 is 0 Å². The quantitative estimate of drug-likeness (QED) is 0.882. The largest absolute Gasteiger partial charge is 0.481 e. The monoisotopic (exact) mass is 234 g/mol. The Morgan fingerprint density at radius 2 is 2.25 bits per heavy atom. The average Bonchev–Trinajstić information content (AvgIpc) is 2.72. The molecule has 2 aromatic rings. The lowest BCUT2D eigenvalue weighted by atomic mass is 10.3. The van der Waals surface area contributed by atoms with Gasteiger partial charge in [-0.3, -0.25) is 0 Å². The molecular weight excluding hydrogens is 220 g/mol. The van der Waals surface area contributed by atoms with Crippen molar-refractivity contribution in [2.75, 3.05) is 12.4 Å². The number of anilines is 1. The van der Waals surface area contributed by atoms with Crippen molar-refractivity contribution < 1.29 is 4.74 Å². The molecule has 0 bridgehead atoms. The van der Waals surface area contributed by atoms with Crippen molar-refractivity contribution in [1.82, 2.24) is 4.98 Å². The van der Waals surface area contributed by atoms with E-state index in [1.54, 1.807) is 18.4 Å². The van der Waals surface area contributed by atoms with Gasteiger partial charge < -0.3 is 10.1 Å². The zero-order valence-electron chi connectivity index (χ0n) is 9.36. The van der Waals surface area contributed by atoms with E-state index in [4.69, 9.17) is 4.74 Å².